The summed E-state index contributed by atoms with van der Waals surface area (Å²) in [7, 11) is -1.13. The molecule has 3 heteroatoms. The maximum Gasteiger partial charge on any atom is 0.337 e. The number of methoxy groups -OCH3 is 2. The molecule has 1 atom stereocenters. The van der Waals surface area contributed by atoms with Crippen molar-refractivity contribution < 1.29 is 18.4 Å². The van der Waals surface area contributed by atoms with Crippen LogP contribution in [0.4, 0.5) is 0 Å². The van der Waals surface area contributed by atoms with E-state index in [-0.39, 0.29) is 0 Å². The lowest BCUT2D eigenvalue weighted by molar-refractivity contribution is 0.0600. The van der Waals surface area contributed by atoms with Gasteiger partial charge in [-0.25, -0.2) is 4.79 Å². The van der Waals surface area contributed by atoms with E-state index in [1.54, 1.807) is 31.2 Å². The summed E-state index contributed by atoms with van der Waals surface area (Å²) in [5, 5.41) is 0. The first kappa shape index (κ1) is 7.01. The topological polar surface area (TPSA) is 35.5 Å². The molecule has 0 aliphatic carbocycles. The first-order valence-electron chi connectivity index (χ1n) is 5.69. The molecule has 0 aliphatic heterocycles. The second-order valence-corrected chi connectivity index (χ2v) is 2.87. The average molecular weight is 197 g/mol. The van der Waals surface area contributed by atoms with Gasteiger partial charge < -0.3 is 9.47 Å². The van der Waals surface area contributed by atoms with Gasteiger partial charge in [-0.1, -0.05) is 12.1 Å². The summed E-state index contributed by atoms with van der Waals surface area (Å²) in [6, 6.07) is 6.42. The Morgan fingerprint density at radius 3 is 2.57 bits per heavy atom. The van der Waals surface area contributed by atoms with Crippen molar-refractivity contribution in [2.45, 2.75) is 13.0 Å². The molecule has 0 spiro atoms. The Morgan fingerprint density at radius 1 is 1.43 bits per heavy atom. The lowest BCUT2D eigenvalue weighted by atomic mass is 10.1. The Kier molecular flexibility index (Phi) is 2.39. The van der Waals surface area contributed by atoms with Crippen LogP contribution < -0.4 is 0 Å². The van der Waals surface area contributed by atoms with E-state index in [2.05, 4.69) is 4.74 Å². The van der Waals surface area contributed by atoms with Gasteiger partial charge in [-0.05, 0) is 24.6 Å². The molecular formula is C11H14O3. The van der Waals surface area contributed by atoms with Crippen LogP contribution >= 0.6 is 0 Å². The fraction of sp³-hybridized carbons (Fsp3) is 0.364. The van der Waals surface area contributed by atoms with Crippen molar-refractivity contribution in [3.63, 3.8) is 0 Å². The van der Waals surface area contributed by atoms with Crippen molar-refractivity contribution >= 4 is 5.97 Å². The number of carbonyl (C=O) groups is 1. The van der Waals surface area contributed by atoms with E-state index in [9.17, 15) is 4.79 Å². The van der Waals surface area contributed by atoms with E-state index in [0.29, 0.717) is 11.1 Å². The molecule has 0 saturated heterocycles. The van der Waals surface area contributed by atoms with E-state index in [1.807, 2.05) is 0 Å². The molecule has 0 heterocycles. The van der Waals surface area contributed by atoms with Gasteiger partial charge in [0.05, 0.1) is 22.9 Å². The molecule has 0 radical (unpaired) electrons. The van der Waals surface area contributed by atoms with Gasteiger partial charge in [-0.2, -0.15) is 0 Å². The van der Waals surface area contributed by atoms with Gasteiger partial charge in [0.15, 0.2) is 0 Å². The van der Waals surface area contributed by atoms with E-state index in [0.717, 1.165) is 0 Å². The highest BCUT2D eigenvalue weighted by molar-refractivity contribution is 5.89. The van der Waals surface area contributed by atoms with Crippen LogP contribution in [0.1, 0.15) is 33.1 Å². The number of benzene rings is 1. The summed E-state index contributed by atoms with van der Waals surface area (Å²) in [6.07, 6.45) is -0.561. The minimum absolute atomic E-state index is 0.414. The largest absolute Gasteiger partial charge is 0.465 e. The quantitative estimate of drug-likeness (QED) is 0.697. The predicted molar refractivity (Wildman–Crippen MR) is 53.2 cm³/mol. The van der Waals surface area contributed by atoms with Crippen molar-refractivity contribution in [1.82, 2.24) is 0 Å². The highest BCUT2D eigenvalue weighted by Crippen LogP contribution is 2.16. The summed E-state index contributed by atoms with van der Waals surface area (Å²) in [5.74, 6) is -0.430. The van der Waals surface area contributed by atoms with Gasteiger partial charge in [0.1, 0.15) is 0 Å². The van der Waals surface area contributed by atoms with Gasteiger partial charge >= 0.3 is 5.97 Å². The Balaban J connectivity index is 2.77. The highest BCUT2D eigenvalue weighted by atomic mass is 16.5. The highest BCUT2D eigenvalue weighted by Gasteiger charge is 2.07. The number of hydrogen-bond acceptors (Lipinski definition) is 3. The monoisotopic (exact) mass is 197 g/mol. The van der Waals surface area contributed by atoms with E-state index < -0.39 is 19.1 Å². The smallest absolute Gasteiger partial charge is 0.337 e. The molecule has 76 valence electrons. The average Bonchev–Trinajstić information content (AvgIpc) is 2.26. The normalized spacial score (nSPS) is 16.3. The Hall–Kier alpha value is -1.35. The van der Waals surface area contributed by atoms with Crippen LogP contribution in [0.3, 0.4) is 0 Å². The van der Waals surface area contributed by atoms with Gasteiger partial charge in [0.25, 0.3) is 0 Å². The van der Waals surface area contributed by atoms with Gasteiger partial charge in [0, 0.05) is 7.04 Å². The molecule has 0 unspecified atom stereocenters. The van der Waals surface area contributed by atoms with Crippen LogP contribution in [0.5, 0.6) is 0 Å². The fourth-order valence-electron chi connectivity index (χ4n) is 1.08. The first-order valence-corrected chi connectivity index (χ1v) is 4.19. The molecule has 0 aliphatic rings. The molecule has 0 amide bonds. The molecule has 1 rings (SSSR count). The molecule has 0 N–H and O–H groups in total. The molecule has 1 aromatic rings. The van der Waals surface area contributed by atoms with Crippen LogP contribution in [0.2, 0.25) is 0 Å². The number of esters is 1. The third kappa shape index (κ3) is 2.33. The molecular weight excluding hydrogens is 180 g/mol. The Bertz CT molecular complexity index is 384. The molecule has 14 heavy (non-hydrogen) atoms. The number of carbonyl (C=O) groups excluding carboxylic acids is 1. The lowest BCUT2D eigenvalue weighted by Gasteiger charge is -2.09. The number of rotatable bonds is 3. The molecule has 0 bridgehead atoms. The minimum Gasteiger partial charge on any atom is -0.465 e. The van der Waals surface area contributed by atoms with Crippen molar-refractivity contribution in [1.29, 1.82) is 0 Å². The van der Waals surface area contributed by atoms with Crippen molar-refractivity contribution in [3.8, 4) is 0 Å². The maximum absolute atomic E-state index is 11.2. The van der Waals surface area contributed by atoms with Crippen molar-refractivity contribution in [2.24, 2.45) is 0 Å². The summed E-state index contributed by atoms with van der Waals surface area (Å²) in [4.78, 5) is 11.2. The van der Waals surface area contributed by atoms with Crippen molar-refractivity contribution in [2.75, 3.05) is 14.1 Å². The second-order valence-electron chi connectivity index (χ2n) is 2.87. The summed E-state index contributed by atoms with van der Waals surface area (Å²) < 4.78 is 30.4. The van der Waals surface area contributed by atoms with Gasteiger partial charge in [0.2, 0.25) is 0 Å². The number of ether oxygens (including phenoxy) is 2. The zero-order valence-corrected chi connectivity index (χ0v) is 8.11. The molecule has 1 aromatic carbocycles. The summed E-state index contributed by atoms with van der Waals surface area (Å²) in [6.45, 7) is 1.64. The number of hydrogen-bond donors (Lipinski definition) is 0. The predicted octanol–water partition coefficient (Wildman–Crippen LogP) is 2.18. The van der Waals surface area contributed by atoms with E-state index in [4.69, 9.17) is 8.85 Å². The van der Waals surface area contributed by atoms with Crippen LogP contribution in [-0.2, 0) is 9.47 Å². The zero-order valence-electron chi connectivity index (χ0n) is 11.1. The van der Waals surface area contributed by atoms with Gasteiger partial charge in [-0.15, -0.1) is 0 Å². The van der Waals surface area contributed by atoms with E-state index in [1.165, 1.54) is 7.11 Å². The minimum atomic E-state index is -2.43. The van der Waals surface area contributed by atoms with Crippen molar-refractivity contribution in [3.05, 3.63) is 35.4 Å². The standard InChI is InChI=1S/C11H14O3/c1-8(13-2)9-4-6-10(7-5-9)11(12)14-3/h4-8H,1-3H3/t8-/m0/s1/i2D3. The lowest BCUT2D eigenvalue weighted by Crippen LogP contribution is -2.02. The van der Waals surface area contributed by atoms with Gasteiger partial charge in [-0.3, -0.25) is 0 Å². The van der Waals surface area contributed by atoms with Crippen LogP contribution in [-0.4, -0.2) is 20.1 Å². The first-order chi connectivity index (χ1) is 7.83. The molecule has 0 saturated carbocycles. The SMILES string of the molecule is [2H]C([2H])([2H])O[C@@H](C)c1ccc(C(=O)OC)cc1. The Morgan fingerprint density at radius 2 is 2.07 bits per heavy atom. The second kappa shape index (κ2) is 4.77. The maximum atomic E-state index is 11.2. The van der Waals surface area contributed by atoms with E-state index >= 15 is 0 Å². The third-order valence-electron chi connectivity index (χ3n) is 1.98. The fourth-order valence-corrected chi connectivity index (χ4v) is 1.08. The molecule has 0 fully saturated rings. The summed E-state index contributed by atoms with van der Waals surface area (Å²) >= 11 is 0. The third-order valence-corrected chi connectivity index (χ3v) is 1.98. The summed E-state index contributed by atoms with van der Waals surface area (Å²) in [5.41, 5.74) is 1.10. The van der Waals surface area contributed by atoms with Crippen LogP contribution in [0.25, 0.3) is 0 Å². The molecule has 3 nitrogen and oxygen atoms in total. The van der Waals surface area contributed by atoms with Crippen LogP contribution in [0, 0.1) is 0 Å². The zero-order chi connectivity index (χ0) is 13.1. The Labute approximate surface area is 87.9 Å². The van der Waals surface area contributed by atoms with Crippen LogP contribution in [0.15, 0.2) is 24.3 Å². The molecule has 0 aromatic heterocycles.